The fourth-order valence-corrected chi connectivity index (χ4v) is 0.562. The minimum absolute atomic E-state index is 0.355. The summed E-state index contributed by atoms with van der Waals surface area (Å²) in [5.74, 6) is 5.44. The van der Waals surface area contributed by atoms with Crippen LogP contribution in [0.5, 0.6) is 0 Å². The van der Waals surface area contributed by atoms with Crippen molar-refractivity contribution in [3.8, 4) is 11.8 Å². The SMILES string of the molecule is CCCC#C/C=C/C=C/C(=O)OC. The first kappa shape index (κ1) is 11.5. The number of carbonyl (C=O) groups excluding carboxylic acids is 1. The summed E-state index contributed by atoms with van der Waals surface area (Å²) in [5.41, 5.74) is 0. The van der Waals surface area contributed by atoms with E-state index in [2.05, 4.69) is 23.5 Å². The molecule has 0 aliphatic heterocycles. The van der Waals surface area contributed by atoms with E-state index in [4.69, 9.17) is 0 Å². The van der Waals surface area contributed by atoms with Gasteiger partial charge in [0.2, 0.25) is 0 Å². The van der Waals surface area contributed by atoms with Gasteiger partial charge >= 0.3 is 5.97 Å². The first-order chi connectivity index (χ1) is 6.31. The summed E-state index contributed by atoms with van der Waals surface area (Å²) >= 11 is 0. The Bertz CT molecular complexity index is 251. The topological polar surface area (TPSA) is 26.3 Å². The lowest BCUT2D eigenvalue weighted by molar-refractivity contribution is -0.134. The van der Waals surface area contributed by atoms with Gasteiger partial charge in [0.15, 0.2) is 0 Å². The summed E-state index contributed by atoms with van der Waals surface area (Å²) in [5, 5.41) is 0. The highest BCUT2D eigenvalue weighted by atomic mass is 16.5. The Morgan fingerprint density at radius 2 is 2.23 bits per heavy atom. The molecular formula is C11H14O2. The highest BCUT2D eigenvalue weighted by molar-refractivity contribution is 5.82. The van der Waals surface area contributed by atoms with Crippen LogP contribution in [0.4, 0.5) is 0 Å². The van der Waals surface area contributed by atoms with E-state index in [9.17, 15) is 4.79 Å². The van der Waals surface area contributed by atoms with Gasteiger partial charge in [-0.05, 0) is 12.5 Å². The molecule has 13 heavy (non-hydrogen) atoms. The Kier molecular flexibility index (Phi) is 7.62. The second-order valence-corrected chi connectivity index (χ2v) is 2.31. The van der Waals surface area contributed by atoms with Gasteiger partial charge in [-0.2, -0.15) is 0 Å². The second kappa shape index (κ2) is 8.61. The van der Waals surface area contributed by atoms with Crippen LogP contribution in [0.15, 0.2) is 24.3 Å². The van der Waals surface area contributed by atoms with Gasteiger partial charge in [-0.15, -0.1) is 0 Å². The monoisotopic (exact) mass is 178 g/mol. The Balaban J connectivity index is 3.70. The Hall–Kier alpha value is -1.49. The minimum Gasteiger partial charge on any atom is -0.466 e. The van der Waals surface area contributed by atoms with E-state index in [-0.39, 0.29) is 5.97 Å². The third kappa shape index (κ3) is 8.42. The number of ether oxygens (including phenoxy) is 1. The summed E-state index contributed by atoms with van der Waals surface area (Å²) in [7, 11) is 1.34. The standard InChI is InChI=1S/C11H14O2/c1-3-4-5-6-7-8-9-10-11(12)13-2/h7-10H,3-4H2,1-2H3/b8-7+,10-9+. The summed E-state index contributed by atoms with van der Waals surface area (Å²) in [6.07, 6.45) is 8.34. The lowest BCUT2D eigenvalue weighted by atomic mass is 10.3. The lowest BCUT2D eigenvalue weighted by Gasteiger charge is -1.85. The van der Waals surface area contributed by atoms with E-state index < -0.39 is 0 Å². The predicted molar refractivity (Wildman–Crippen MR) is 53.0 cm³/mol. The molecule has 0 aromatic heterocycles. The fraction of sp³-hybridized carbons (Fsp3) is 0.364. The molecule has 0 aromatic rings. The number of rotatable bonds is 3. The molecule has 0 saturated carbocycles. The average Bonchev–Trinajstić information content (AvgIpc) is 2.16. The molecule has 0 saturated heterocycles. The van der Waals surface area contributed by atoms with Crippen LogP contribution in [0.1, 0.15) is 19.8 Å². The summed E-state index contributed by atoms with van der Waals surface area (Å²) in [4.78, 5) is 10.6. The molecule has 0 spiro atoms. The van der Waals surface area contributed by atoms with E-state index in [1.807, 2.05) is 0 Å². The molecule has 0 aromatic carbocycles. The normalized spacial score (nSPS) is 10.0. The maximum absolute atomic E-state index is 10.6. The number of carbonyl (C=O) groups is 1. The van der Waals surface area contributed by atoms with Crippen molar-refractivity contribution in [1.82, 2.24) is 0 Å². The quantitative estimate of drug-likeness (QED) is 0.286. The van der Waals surface area contributed by atoms with Crippen molar-refractivity contribution in [1.29, 1.82) is 0 Å². The highest BCUT2D eigenvalue weighted by Crippen LogP contribution is 1.82. The Morgan fingerprint density at radius 3 is 2.85 bits per heavy atom. The molecule has 0 radical (unpaired) electrons. The largest absolute Gasteiger partial charge is 0.466 e. The van der Waals surface area contributed by atoms with Crippen LogP contribution in [0.3, 0.4) is 0 Å². The van der Waals surface area contributed by atoms with Crippen molar-refractivity contribution in [3.63, 3.8) is 0 Å². The third-order valence-electron chi connectivity index (χ3n) is 1.20. The molecule has 0 N–H and O–H groups in total. The summed E-state index contributed by atoms with van der Waals surface area (Å²) in [6.45, 7) is 2.08. The van der Waals surface area contributed by atoms with E-state index in [1.165, 1.54) is 13.2 Å². The van der Waals surface area contributed by atoms with E-state index in [1.54, 1.807) is 18.2 Å². The van der Waals surface area contributed by atoms with E-state index in [0.29, 0.717) is 0 Å². The van der Waals surface area contributed by atoms with Gasteiger partial charge in [-0.3, -0.25) is 0 Å². The average molecular weight is 178 g/mol. The molecule has 0 atom stereocenters. The molecular weight excluding hydrogens is 164 g/mol. The van der Waals surface area contributed by atoms with Crippen LogP contribution < -0.4 is 0 Å². The number of hydrogen-bond donors (Lipinski definition) is 0. The molecule has 0 fully saturated rings. The fourth-order valence-electron chi connectivity index (χ4n) is 0.562. The number of allylic oxidation sites excluding steroid dienone is 3. The summed E-state index contributed by atoms with van der Waals surface area (Å²) < 4.78 is 4.40. The maximum atomic E-state index is 10.6. The molecule has 70 valence electrons. The van der Waals surface area contributed by atoms with Crippen molar-refractivity contribution in [2.24, 2.45) is 0 Å². The van der Waals surface area contributed by atoms with Gasteiger partial charge in [0.1, 0.15) is 0 Å². The van der Waals surface area contributed by atoms with Crippen LogP contribution in [0.25, 0.3) is 0 Å². The molecule has 0 unspecified atom stereocenters. The molecule has 0 amide bonds. The van der Waals surface area contributed by atoms with Crippen molar-refractivity contribution in [2.75, 3.05) is 7.11 Å². The molecule has 0 aliphatic rings. The first-order valence-electron chi connectivity index (χ1n) is 4.20. The molecule has 0 aliphatic carbocycles. The number of unbranched alkanes of at least 4 members (excludes halogenated alkanes) is 1. The van der Waals surface area contributed by atoms with Crippen LogP contribution in [-0.4, -0.2) is 13.1 Å². The summed E-state index contributed by atoms with van der Waals surface area (Å²) in [6, 6.07) is 0. The van der Waals surface area contributed by atoms with Gasteiger partial charge in [0.05, 0.1) is 7.11 Å². The zero-order valence-electron chi connectivity index (χ0n) is 8.04. The van der Waals surface area contributed by atoms with E-state index >= 15 is 0 Å². The highest BCUT2D eigenvalue weighted by Gasteiger charge is 1.85. The molecule has 0 heterocycles. The van der Waals surface area contributed by atoms with Crippen LogP contribution in [0.2, 0.25) is 0 Å². The Labute approximate surface area is 79.3 Å². The second-order valence-electron chi connectivity index (χ2n) is 2.31. The number of methoxy groups -OCH3 is 1. The number of hydrogen-bond acceptors (Lipinski definition) is 2. The zero-order chi connectivity index (χ0) is 9.94. The van der Waals surface area contributed by atoms with Crippen LogP contribution in [-0.2, 0) is 9.53 Å². The van der Waals surface area contributed by atoms with Crippen LogP contribution in [0, 0.1) is 11.8 Å². The number of esters is 1. The van der Waals surface area contributed by atoms with Gasteiger partial charge in [0.25, 0.3) is 0 Å². The van der Waals surface area contributed by atoms with Crippen molar-refractivity contribution in [3.05, 3.63) is 24.3 Å². The smallest absolute Gasteiger partial charge is 0.330 e. The molecule has 0 rings (SSSR count). The third-order valence-corrected chi connectivity index (χ3v) is 1.20. The molecule has 2 nitrogen and oxygen atoms in total. The molecule has 2 heteroatoms. The maximum Gasteiger partial charge on any atom is 0.330 e. The van der Waals surface area contributed by atoms with Crippen molar-refractivity contribution >= 4 is 5.97 Å². The zero-order valence-corrected chi connectivity index (χ0v) is 8.04. The first-order valence-corrected chi connectivity index (χ1v) is 4.20. The van der Waals surface area contributed by atoms with Crippen molar-refractivity contribution in [2.45, 2.75) is 19.8 Å². The van der Waals surface area contributed by atoms with Gasteiger partial charge in [-0.1, -0.05) is 30.9 Å². The minimum atomic E-state index is -0.355. The molecule has 0 bridgehead atoms. The lowest BCUT2D eigenvalue weighted by Crippen LogP contribution is -1.92. The van der Waals surface area contributed by atoms with Crippen LogP contribution >= 0.6 is 0 Å². The Morgan fingerprint density at radius 1 is 1.46 bits per heavy atom. The van der Waals surface area contributed by atoms with Crippen molar-refractivity contribution < 1.29 is 9.53 Å². The van der Waals surface area contributed by atoms with Gasteiger partial charge < -0.3 is 4.74 Å². The van der Waals surface area contributed by atoms with E-state index in [0.717, 1.165) is 12.8 Å². The van der Waals surface area contributed by atoms with Gasteiger partial charge in [0, 0.05) is 12.5 Å². The predicted octanol–water partition coefficient (Wildman–Crippen LogP) is 2.08. The van der Waals surface area contributed by atoms with Gasteiger partial charge in [-0.25, -0.2) is 4.79 Å².